The highest BCUT2D eigenvalue weighted by Crippen LogP contribution is 2.18. The molecule has 2 aromatic rings. The summed E-state index contributed by atoms with van der Waals surface area (Å²) in [6, 6.07) is 5.56. The highest BCUT2D eigenvalue weighted by molar-refractivity contribution is 5.74. The van der Waals surface area contributed by atoms with E-state index < -0.39 is 0 Å². The first-order chi connectivity index (χ1) is 11.2. The van der Waals surface area contributed by atoms with Gasteiger partial charge in [0.05, 0.1) is 6.10 Å². The van der Waals surface area contributed by atoms with Gasteiger partial charge in [-0.3, -0.25) is 0 Å². The predicted molar refractivity (Wildman–Crippen MR) is 85.0 cm³/mol. The number of hydrogen-bond acceptors (Lipinski definition) is 4. The summed E-state index contributed by atoms with van der Waals surface area (Å²) in [6.07, 6.45) is 8.17. The minimum atomic E-state index is -0.214. The van der Waals surface area contributed by atoms with E-state index in [4.69, 9.17) is 0 Å². The smallest absolute Gasteiger partial charge is 0.315 e. The summed E-state index contributed by atoms with van der Waals surface area (Å²) in [4.78, 5) is 16.2. The lowest BCUT2D eigenvalue weighted by molar-refractivity contribution is 0.117. The van der Waals surface area contributed by atoms with Gasteiger partial charge in [-0.15, -0.1) is 0 Å². The predicted octanol–water partition coefficient (Wildman–Crippen LogP) is 1.37. The zero-order valence-corrected chi connectivity index (χ0v) is 12.9. The number of aliphatic hydroxyl groups is 1. The second kappa shape index (κ2) is 7.23. The molecule has 0 spiro atoms. The van der Waals surface area contributed by atoms with E-state index in [2.05, 4.69) is 20.7 Å². The second-order valence-electron chi connectivity index (χ2n) is 5.81. The van der Waals surface area contributed by atoms with Gasteiger partial charge in [0.25, 0.3) is 0 Å². The molecule has 0 aliphatic heterocycles. The fourth-order valence-electron chi connectivity index (χ4n) is 2.74. The monoisotopic (exact) mass is 315 g/mol. The van der Waals surface area contributed by atoms with E-state index in [1.807, 2.05) is 24.4 Å². The molecule has 2 amide bonds. The Morgan fingerprint density at radius 1 is 1.30 bits per heavy atom. The number of carbonyl (C=O) groups is 1. The molecule has 1 saturated carbocycles. The lowest BCUT2D eigenvalue weighted by Gasteiger charge is -2.26. The molecule has 0 bridgehead atoms. The Balaban J connectivity index is 1.50. The lowest BCUT2D eigenvalue weighted by Crippen LogP contribution is -2.43. The van der Waals surface area contributed by atoms with Crippen LogP contribution in [0.2, 0.25) is 0 Å². The molecule has 0 unspecified atom stereocenters. The molecule has 23 heavy (non-hydrogen) atoms. The van der Waals surface area contributed by atoms with Crippen LogP contribution in [0.1, 0.15) is 31.2 Å². The zero-order chi connectivity index (χ0) is 16.1. The van der Waals surface area contributed by atoms with Crippen molar-refractivity contribution in [2.75, 3.05) is 0 Å². The van der Waals surface area contributed by atoms with Crippen molar-refractivity contribution in [1.29, 1.82) is 0 Å². The summed E-state index contributed by atoms with van der Waals surface area (Å²) < 4.78 is 1.68. The van der Waals surface area contributed by atoms with Crippen LogP contribution in [0.5, 0.6) is 0 Å². The van der Waals surface area contributed by atoms with Crippen LogP contribution in [0.25, 0.3) is 5.82 Å². The number of hydrogen-bond donors (Lipinski definition) is 3. The number of urea groups is 1. The standard InChI is InChI=1S/C16H21N5O2/c22-14-4-2-13(3-5-14)20-16(23)18-11-12-6-8-17-15(10-12)21-9-1-7-19-21/h1,6-10,13-14,22H,2-5,11H2,(H2,18,20,23). The minimum absolute atomic E-state index is 0.149. The fraction of sp³-hybridized carbons (Fsp3) is 0.438. The van der Waals surface area contributed by atoms with Crippen molar-refractivity contribution in [3.63, 3.8) is 0 Å². The normalized spacial score (nSPS) is 20.9. The van der Waals surface area contributed by atoms with Crippen LogP contribution in [-0.4, -0.2) is 38.0 Å². The van der Waals surface area contributed by atoms with Gasteiger partial charge in [0, 0.05) is 31.2 Å². The molecule has 0 aromatic carbocycles. The zero-order valence-electron chi connectivity index (χ0n) is 12.9. The van der Waals surface area contributed by atoms with E-state index in [0.29, 0.717) is 6.54 Å². The summed E-state index contributed by atoms with van der Waals surface area (Å²) in [6.45, 7) is 0.429. The average Bonchev–Trinajstić information content (AvgIpc) is 3.10. The molecule has 122 valence electrons. The molecule has 3 N–H and O–H groups in total. The summed E-state index contributed by atoms with van der Waals surface area (Å²) in [5.74, 6) is 0.718. The molecule has 7 nitrogen and oxygen atoms in total. The Labute approximate surface area is 134 Å². The highest BCUT2D eigenvalue weighted by Gasteiger charge is 2.20. The number of nitrogens with zero attached hydrogens (tertiary/aromatic N) is 3. The van der Waals surface area contributed by atoms with Gasteiger partial charge in [0.2, 0.25) is 0 Å². The second-order valence-corrected chi connectivity index (χ2v) is 5.81. The van der Waals surface area contributed by atoms with Crippen LogP contribution in [-0.2, 0) is 6.54 Å². The summed E-state index contributed by atoms with van der Waals surface area (Å²) in [5.41, 5.74) is 0.958. The molecule has 3 rings (SSSR count). The fourth-order valence-corrected chi connectivity index (χ4v) is 2.74. The molecule has 7 heteroatoms. The van der Waals surface area contributed by atoms with Crippen LogP contribution in [0.15, 0.2) is 36.8 Å². The van der Waals surface area contributed by atoms with E-state index >= 15 is 0 Å². The van der Waals surface area contributed by atoms with Crippen molar-refractivity contribution >= 4 is 6.03 Å². The Hall–Kier alpha value is -2.41. The van der Waals surface area contributed by atoms with Gasteiger partial charge in [0.15, 0.2) is 5.82 Å². The van der Waals surface area contributed by atoms with E-state index in [0.717, 1.165) is 37.1 Å². The van der Waals surface area contributed by atoms with Crippen molar-refractivity contribution in [3.8, 4) is 5.82 Å². The maximum Gasteiger partial charge on any atom is 0.315 e. The maximum atomic E-state index is 12.0. The Morgan fingerprint density at radius 3 is 2.87 bits per heavy atom. The number of pyridine rings is 1. The summed E-state index contributed by atoms with van der Waals surface area (Å²) in [7, 11) is 0. The van der Waals surface area contributed by atoms with Crippen LogP contribution in [0, 0.1) is 0 Å². The molecular weight excluding hydrogens is 294 g/mol. The molecule has 1 aliphatic rings. The number of aliphatic hydroxyl groups excluding tert-OH is 1. The van der Waals surface area contributed by atoms with Gasteiger partial charge in [-0.05, 0) is 49.4 Å². The van der Waals surface area contributed by atoms with Crippen LogP contribution >= 0.6 is 0 Å². The van der Waals surface area contributed by atoms with Crippen LogP contribution in [0.3, 0.4) is 0 Å². The molecule has 0 saturated heterocycles. The third-order valence-electron chi connectivity index (χ3n) is 4.03. The Morgan fingerprint density at radius 2 is 2.13 bits per heavy atom. The van der Waals surface area contributed by atoms with Crippen molar-refractivity contribution in [2.24, 2.45) is 0 Å². The van der Waals surface area contributed by atoms with Crippen molar-refractivity contribution in [2.45, 2.75) is 44.4 Å². The highest BCUT2D eigenvalue weighted by atomic mass is 16.3. The number of amides is 2. The average molecular weight is 315 g/mol. The molecular formula is C16H21N5O2. The van der Waals surface area contributed by atoms with Crippen molar-refractivity contribution < 1.29 is 9.90 Å². The largest absolute Gasteiger partial charge is 0.393 e. The first-order valence-corrected chi connectivity index (χ1v) is 7.88. The lowest BCUT2D eigenvalue weighted by atomic mass is 9.93. The van der Waals surface area contributed by atoms with Crippen molar-refractivity contribution in [1.82, 2.24) is 25.4 Å². The molecule has 0 atom stereocenters. The molecule has 0 radical (unpaired) electrons. The molecule has 2 aromatic heterocycles. The van der Waals surface area contributed by atoms with Gasteiger partial charge < -0.3 is 15.7 Å². The van der Waals surface area contributed by atoms with Gasteiger partial charge in [0.1, 0.15) is 0 Å². The number of carbonyl (C=O) groups excluding carboxylic acids is 1. The molecule has 1 aliphatic carbocycles. The first-order valence-electron chi connectivity index (χ1n) is 7.88. The molecule has 2 heterocycles. The van der Waals surface area contributed by atoms with E-state index in [9.17, 15) is 9.90 Å². The van der Waals surface area contributed by atoms with Crippen molar-refractivity contribution in [3.05, 3.63) is 42.4 Å². The third kappa shape index (κ3) is 4.29. The SMILES string of the molecule is O=C(NCc1ccnc(-n2cccn2)c1)NC1CCC(O)CC1. The van der Waals surface area contributed by atoms with E-state index in [1.54, 1.807) is 17.1 Å². The van der Waals surface area contributed by atoms with Gasteiger partial charge in [-0.25, -0.2) is 14.5 Å². The quantitative estimate of drug-likeness (QED) is 0.794. The van der Waals surface area contributed by atoms with E-state index in [1.165, 1.54) is 0 Å². The first kappa shape index (κ1) is 15.5. The van der Waals surface area contributed by atoms with Gasteiger partial charge >= 0.3 is 6.03 Å². The number of rotatable bonds is 4. The topological polar surface area (TPSA) is 92.1 Å². The van der Waals surface area contributed by atoms with Crippen LogP contribution < -0.4 is 10.6 Å². The summed E-state index contributed by atoms with van der Waals surface area (Å²) >= 11 is 0. The van der Waals surface area contributed by atoms with Gasteiger partial charge in [-0.1, -0.05) is 0 Å². The maximum absolute atomic E-state index is 12.0. The minimum Gasteiger partial charge on any atom is -0.393 e. The molecule has 1 fully saturated rings. The number of aromatic nitrogens is 3. The third-order valence-corrected chi connectivity index (χ3v) is 4.03. The van der Waals surface area contributed by atoms with Gasteiger partial charge in [-0.2, -0.15) is 5.10 Å². The van der Waals surface area contributed by atoms with Crippen LogP contribution in [0.4, 0.5) is 4.79 Å². The Bertz CT molecular complexity index is 636. The number of nitrogens with one attached hydrogen (secondary N) is 2. The van der Waals surface area contributed by atoms with E-state index in [-0.39, 0.29) is 18.2 Å². The summed E-state index contributed by atoms with van der Waals surface area (Å²) in [5, 5.41) is 19.4. The Kier molecular flexibility index (Phi) is 4.87.